The number of benzene rings is 1. The second-order valence-corrected chi connectivity index (χ2v) is 6.66. The van der Waals surface area contributed by atoms with Gasteiger partial charge in [0.1, 0.15) is 12.4 Å². The van der Waals surface area contributed by atoms with E-state index in [1.54, 1.807) is 12.5 Å². The van der Waals surface area contributed by atoms with E-state index in [0.29, 0.717) is 19.8 Å². The molecule has 0 aliphatic rings. The second-order valence-electron chi connectivity index (χ2n) is 6.66. The first kappa shape index (κ1) is 20.7. The number of nitrogens with zero attached hydrogens (tertiary/aromatic N) is 3. The Bertz CT molecular complexity index is 844. The van der Waals surface area contributed by atoms with Crippen LogP contribution in [0.1, 0.15) is 30.2 Å². The van der Waals surface area contributed by atoms with Gasteiger partial charge in [-0.15, -0.1) is 0 Å². The predicted molar refractivity (Wildman–Crippen MR) is 114 cm³/mol. The Balaban J connectivity index is 1.42. The van der Waals surface area contributed by atoms with Gasteiger partial charge in [-0.3, -0.25) is 0 Å². The molecule has 0 atom stereocenters. The normalized spacial score (nSPS) is 11.6. The largest absolute Gasteiger partial charge is 0.467 e. The van der Waals surface area contributed by atoms with Gasteiger partial charge in [0.25, 0.3) is 0 Å². The molecule has 29 heavy (non-hydrogen) atoms. The number of nitrogens with one attached hydrogen (secondary N) is 2. The summed E-state index contributed by atoms with van der Waals surface area (Å²) in [5, 5.41) is 6.65. The first-order valence-electron chi connectivity index (χ1n) is 9.99. The highest BCUT2D eigenvalue weighted by atomic mass is 16.5. The zero-order valence-corrected chi connectivity index (χ0v) is 16.9. The van der Waals surface area contributed by atoms with E-state index in [0.717, 1.165) is 37.8 Å². The zero-order valence-electron chi connectivity index (χ0n) is 16.9. The molecule has 0 saturated heterocycles. The molecule has 2 aromatic heterocycles. The predicted octanol–water partition coefficient (Wildman–Crippen LogP) is 3.19. The van der Waals surface area contributed by atoms with E-state index < -0.39 is 0 Å². The number of hydrogen-bond donors (Lipinski definition) is 2. The minimum Gasteiger partial charge on any atom is -0.467 e. The molecule has 7 heteroatoms. The van der Waals surface area contributed by atoms with Crippen molar-refractivity contribution in [2.24, 2.45) is 4.99 Å². The first-order chi connectivity index (χ1) is 14.3. The lowest BCUT2D eigenvalue weighted by molar-refractivity contribution is 0.105. The number of furan rings is 1. The van der Waals surface area contributed by atoms with Crippen molar-refractivity contribution in [3.05, 3.63) is 78.3 Å². The Morgan fingerprint density at radius 2 is 2.14 bits per heavy atom. The second kappa shape index (κ2) is 11.7. The quantitative estimate of drug-likeness (QED) is 0.296. The van der Waals surface area contributed by atoms with Gasteiger partial charge >= 0.3 is 0 Å². The van der Waals surface area contributed by atoms with Gasteiger partial charge in [-0.05, 0) is 36.6 Å². The first-order valence-corrected chi connectivity index (χ1v) is 9.99. The minimum atomic E-state index is 0.510. The Morgan fingerprint density at radius 1 is 1.21 bits per heavy atom. The van der Waals surface area contributed by atoms with E-state index >= 15 is 0 Å². The fourth-order valence-electron chi connectivity index (χ4n) is 2.88. The van der Waals surface area contributed by atoms with Crippen LogP contribution in [-0.4, -0.2) is 35.2 Å². The van der Waals surface area contributed by atoms with Crippen LogP contribution in [0.3, 0.4) is 0 Å². The summed E-state index contributed by atoms with van der Waals surface area (Å²) >= 11 is 0. The van der Waals surface area contributed by atoms with Gasteiger partial charge in [0.2, 0.25) is 0 Å². The molecule has 7 nitrogen and oxygen atoms in total. The van der Waals surface area contributed by atoms with E-state index in [-0.39, 0.29) is 0 Å². The maximum Gasteiger partial charge on any atom is 0.191 e. The molecule has 0 spiro atoms. The van der Waals surface area contributed by atoms with Crippen molar-refractivity contribution in [1.29, 1.82) is 0 Å². The molecule has 0 amide bonds. The van der Waals surface area contributed by atoms with Crippen molar-refractivity contribution in [2.75, 3.05) is 19.7 Å². The maximum atomic E-state index is 5.60. The fraction of sp³-hybridized carbons (Fsp3) is 0.364. The number of ether oxygens (including phenoxy) is 1. The van der Waals surface area contributed by atoms with E-state index in [1.165, 1.54) is 11.1 Å². The average molecular weight is 396 g/mol. The third-order valence-electron chi connectivity index (χ3n) is 4.26. The van der Waals surface area contributed by atoms with E-state index in [9.17, 15) is 0 Å². The molecule has 2 heterocycles. The summed E-state index contributed by atoms with van der Waals surface area (Å²) in [7, 11) is 0. The molecular weight excluding hydrogens is 366 g/mol. The molecule has 2 N–H and O–H groups in total. The van der Waals surface area contributed by atoms with Crippen LogP contribution in [0.15, 0.2) is 70.8 Å². The summed E-state index contributed by atoms with van der Waals surface area (Å²) in [6, 6.07) is 12.3. The van der Waals surface area contributed by atoms with Gasteiger partial charge in [-0.25, -0.2) is 9.98 Å². The molecule has 3 rings (SSSR count). The molecule has 3 aromatic rings. The summed E-state index contributed by atoms with van der Waals surface area (Å²) in [6.07, 6.45) is 8.15. The summed E-state index contributed by atoms with van der Waals surface area (Å²) in [6.45, 7) is 6.30. The van der Waals surface area contributed by atoms with Gasteiger partial charge in [0, 0.05) is 38.6 Å². The fourth-order valence-corrected chi connectivity index (χ4v) is 2.88. The molecule has 0 radical (unpaired) electrons. The summed E-state index contributed by atoms with van der Waals surface area (Å²) in [4.78, 5) is 8.79. The van der Waals surface area contributed by atoms with Crippen LogP contribution in [0.4, 0.5) is 0 Å². The number of guanidine groups is 1. The third kappa shape index (κ3) is 7.46. The summed E-state index contributed by atoms with van der Waals surface area (Å²) in [5.41, 5.74) is 2.42. The van der Waals surface area contributed by atoms with Gasteiger partial charge in [0.05, 0.1) is 19.1 Å². The van der Waals surface area contributed by atoms with Crippen molar-refractivity contribution in [2.45, 2.75) is 33.0 Å². The number of aromatic nitrogens is 2. The van der Waals surface area contributed by atoms with Crippen molar-refractivity contribution in [3.63, 3.8) is 0 Å². The molecule has 1 aromatic carbocycles. The average Bonchev–Trinajstić information content (AvgIpc) is 3.43. The highest BCUT2D eigenvalue weighted by molar-refractivity contribution is 5.79. The Morgan fingerprint density at radius 3 is 2.93 bits per heavy atom. The van der Waals surface area contributed by atoms with Crippen molar-refractivity contribution in [1.82, 2.24) is 20.2 Å². The van der Waals surface area contributed by atoms with Crippen LogP contribution < -0.4 is 10.6 Å². The smallest absolute Gasteiger partial charge is 0.191 e. The molecule has 0 saturated carbocycles. The lowest BCUT2D eigenvalue weighted by atomic mass is 10.1. The van der Waals surface area contributed by atoms with Crippen LogP contribution in [-0.2, 0) is 24.4 Å². The molecule has 0 unspecified atom stereocenters. The van der Waals surface area contributed by atoms with Crippen LogP contribution in [0.2, 0.25) is 0 Å². The van der Waals surface area contributed by atoms with Gasteiger partial charge in [0.15, 0.2) is 5.96 Å². The maximum absolute atomic E-state index is 5.60. The van der Waals surface area contributed by atoms with Gasteiger partial charge in [-0.1, -0.05) is 24.3 Å². The number of rotatable bonds is 11. The van der Waals surface area contributed by atoms with E-state index in [4.69, 9.17) is 14.1 Å². The molecule has 0 aliphatic carbocycles. The third-order valence-corrected chi connectivity index (χ3v) is 4.26. The standard InChI is InChI=1S/C22H29N5O2/c1-2-24-22(25-9-5-12-28-17-21-8-4-13-29-21)26-15-19-6-3-7-20(14-19)16-27-11-10-23-18-27/h3-4,6-8,10-11,13-14,18H,2,5,9,12,15-17H2,1H3,(H2,24,25,26). The zero-order chi connectivity index (χ0) is 20.2. The summed E-state index contributed by atoms with van der Waals surface area (Å²) in [5.74, 6) is 1.67. The summed E-state index contributed by atoms with van der Waals surface area (Å²) < 4.78 is 12.9. The van der Waals surface area contributed by atoms with Crippen LogP contribution >= 0.6 is 0 Å². The molecule has 154 valence electrons. The lowest BCUT2D eigenvalue weighted by Gasteiger charge is -2.11. The Labute approximate surface area is 171 Å². The van der Waals surface area contributed by atoms with Crippen molar-refractivity contribution in [3.8, 4) is 0 Å². The van der Waals surface area contributed by atoms with E-state index in [2.05, 4.69) is 51.4 Å². The van der Waals surface area contributed by atoms with Crippen LogP contribution in [0.5, 0.6) is 0 Å². The van der Waals surface area contributed by atoms with Gasteiger partial charge in [-0.2, -0.15) is 0 Å². The monoisotopic (exact) mass is 395 g/mol. The van der Waals surface area contributed by atoms with E-state index in [1.807, 2.05) is 24.7 Å². The Hall–Kier alpha value is -3.06. The topological polar surface area (TPSA) is 76.6 Å². The van der Waals surface area contributed by atoms with Gasteiger partial charge < -0.3 is 24.4 Å². The highest BCUT2D eigenvalue weighted by Gasteiger charge is 2.01. The SMILES string of the molecule is CCNC(=NCc1cccc(Cn2ccnc2)c1)NCCCOCc1ccco1. The van der Waals surface area contributed by atoms with Crippen LogP contribution in [0.25, 0.3) is 0 Å². The molecular formula is C22H29N5O2. The van der Waals surface area contributed by atoms with Crippen molar-refractivity contribution < 1.29 is 9.15 Å². The van der Waals surface area contributed by atoms with Crippen LogP contribution in [0, 0.1) is 0 Å². The molecule has 0 fully saturated rings. The molecule has 0 aliphatic heterocycles. The highest BCUT2D eigenvalue weighted by Crippen LogP contribution is 2.08. The molecule has 0 bridgehead atoms. The number of aliphatic imine (C=N–C) groups is 1. The lowest BCUT2D eigenvalue weighted by Crippen LogP contribution is -2.38. The number of imidazole rings is 1. The minimum absolute atomic E-state index is 0.510. The Kier molecular flexibility index (Phi) is 8.34. The van der Waals surface area contributed by atoms with Crippen molar-refractivity contribution >= 4 is 5.96 Å². The number of hydrogen-bond acceptors (Lipinski definition) is 4.